The Morgan fingerprint density at radius 2 is 1.60 bits per heavy atom. The zero-order valence-electron chi connectivity index (χ0n) is 24.5. The fourth-order valence-corrected chi connectivity index (χ4v) is 7.24. The third kappa shape index (κ3) is 6.25. The summed E-state index contributed by atoms with van der Waals surface area (Å²) in [5.74, 6) is -1.10. The lowest BCUT2D eigenvalue weighted by atomic mass is 9.89. The third-order valence-electron chi connectivity index (χ3n) is 8.18. The van der Waals surface area contributed by atoms with Crippen molar-refractivity contribution in [2.24, 2.45) is 0 Å². The lowest BCUT2D eigenvalue weighted by molar-refractivity contribution is 0.0604. The van der Waals surface area contributed by atoms with Gasteiger partial charge in [0.15, 0.2) is 0 Å². The average Bonchev–Trinajstić information content (AvgIpc) is 3.39. The van der Waals surface area contributed by atoms with Crippen LogP contribution >= 0.6 is 22.9 Å². The van der Waals surface area contributed by atoms with Crippen LogP contribution in [0.25, 0.3) is 21.2 Å². The molecule has 0 aliphatic heterocycles. The summed E-state index contributed by atoms with van der Waals surface area (Å²) in [4.78, 5) is 30.0. The van der Waals surface area contributed by atoms with Gasteiger partial charge in [0.1, 0.15) is 22.3 Å². The number of benzene rings is 3. The molecule has 0 saturated heterocycles. The lowest BCUT2D eigenvalue weighted by Crippen LogP contribution is -2.44. The molecule has 0 radical (unpaired) electrons. The molecule has 226 valence electrons. The molecule has 1 aliphatic rings. The number of thiophene rings is 1. The molecular formula is C33H34ClF2N3O3S. The van der Waals surface area contributed by atoms with Crippen molar-refractivity contribution in [2.45, 2.75) is 44.3 Å². The highest BCUT2D eigenvalue weighted by Gasteiger charge is 2.33. The number of hydrogen-bond acceptors (Lipinski definition) is 5. The monoisotopic (exact) mass is 625 g/mol. The summed E-state index contributed by atoms with van der Waals surface area (Å²) in [6.45, 7) is 0.220. The van der Waals surface area contributed by atoms with E-state index < -0.39 is 11.6 Å². The van der Waals surface area contributed by atoms with E-state index in [0.29, 0.717) is 17.4 Å². The zero-order valence-corrected chi connectivity index (χ0v) is 26.1. The van der Waals surface area contributed by atoms with Gasteiger partial charge in [-0.05, 0) is 80.3 Å². The number of nitrogens with zero attached hydrogens (tertiary/aromatic N) is 2. The van der Waals surface area contributed by atoms with Gasteiger partial charge >= 0.3 is 0 Å². The van der Waals surface area contributed by atoms with Crippen LogP contribution in [0.15, 0.2) is 54.6 Å². The molecule has 6 nitrogen and oxygen atoms in total. The number of rotatable bonds is 8. The fourth-order valence-electron chi connectivity index (χ4n) is 5.74. The maximum absolute atomic E-state index is 14.7. The van der Waals surface area contributed by atoms with Crippen molar-refractivity contribution in [1.29, 1.82) is 0 Å². The minimum absolute atomic E-state index is 0.0305. The minimum Gasteiger partial charge on any atom is -0.496 e. The molecule has 0 spiro atoms. The van der Waals surface area contributed by atoms with E-state index in [1.54, 1.807) is 38.2 Å². The summed E-state index contributed by atoms with van der Waals surface area (Å²) in [6, 6.07) is 15.5. The first-order valence-electron chi connectivity index (χ1n) is 14.2. The Morgan fingerprint density at radius 1 is 0.953 bits per heavy atom. The Bertz CT molecular complexity index is 1650. The largest absolute Gasteiger partial charge is 0.496 e. The molecule has 1 fully saturated rings. The van der Waals surface area contributed by atoms with Crippen molar-refractivity contribution in [1.82, 2.24) is 15.1 Å². The van der Waals surface area contributed by atoms with Crippen LogP contribution in [0, 0.1) is 11.6 Å². The summed E-state index contributed by atoms with van der Waals surface area (Å²) < 4.78 is 35.1. The van der Waals surface area contributed by atoms with Crippen molar-refractivity contribution in [3.05, 3.63) is 87.3 Å². The van der Waals surface area contributed by atoms with Crippen molar-refractivity contribution < 1.29 is 23.1 Å². The van der Waals surface area contributed by atoms with Gasteiger partial charge in [-0.15, -0.1) is 11.3 Å². The standard InChI is InChI=1S/C33H34ClF2N3O3S/c1-37-23-10-12-24(13-11-23)39(33(41)31-29(34)28-25(35)14-15-26(36)30(28)43-31)18-22-17-21(9-16-27(22)42-4)19-5-7-20(8-6-19)32(40)38(2)3/h5-9,14-17,23-24,37H,10-13,18H2,1-4H3/t23-,24-. The van der Waals surface area contributed by atoms with E-state index in [1.807, 2.05) is 37.4 Å². The molecule has 2 amide bonds. The van der Waals surface area contributed by atoms with Crippen LogP contribution in [-0.2, 0) is 6.54 Å². The molecular weight excluding hydrogens is 592 g/mol. The Hall–Kier alpha value is -3.53. The zero-order chi connectivity index (χ0) is 30.8. The van der Waals surface area contributed by atoms with Gasteiger partial charge in [-0.2, -0.15) is 0 Å². The van der Waals surface area contributed by atoms with Crippen molar-refractivity contribution in [3.63, 3.8) is 0 Å². The van der Waals surface area contributed by atoms with Gasteiger partial charge in [-0.1, -0.05) is 29.8 Å². The Balaban J connectivity index is 1.53. The highest BCUT2D eigenvalue weighted by molar-refractivity contribution is 7.21. The van der Waals surface area contributed by atoms with Crippen LogP contribution in [0.1, 0.15) is 51.3 Å². The molecule has 0 bridgehead atoms. The molecule has 1 saturated carbocycles. The van der Waals surface area contributed by atoms with Gasteiger partial charge < -0.3 is 19.9 Å². The number of methoxy groups -OCH3 is 1. The molecule has 1 aliphatic carbocycles. The van der Waals surface area contributed by atoms with E-state index in [1.165, 1.54) is 4.90 Å². The summed E-state index contributed by atoms with van der Waals surface area (Å²) in [7, 11) is 6.94. The van der Waals surface area contributed by atoms with Crippen LogP contribution < -0.4 is 10.1 Å². The summed E-state index contributed by atoms with van der Waals surface area (Å²) >= 11 is 7.46. The van der Waals surface area contributed by atoms with Gasteiger partial charge in [-0.25, -0.2) is 8.78 Å². The third-order valence-corrected chi connectivity index (χ3v) is 9.85. The molecule has 1 aromatic heterocycles. The predicted octanol–water partition coefficient (Wildman–Crippen LogP) is 7.38. The molecule has 1 heterocycles. The first-order chi connectivity index (χ1) is 20.6. The number of amides is 2. The van der Waals surface area contributed by atoms with Crippen LogP contribution in [0.2, 0.25) is 5.02 Å². The maximum atomic E-state index is 14.7. The molecule has 0 unspecified atom stereocenters. The molecule has 10 heteroatoms. The predicted molar refractivity (Wildman–Crippen MR) is 168 cm³/mol. The second-order valence-corrected chi connectivity index (χ2v) is 12.4. The first kappa shape index (κ1) is 30.9. The average molecular weight is 626 g/mol. The first-order valence-corrected chi connectivity index (χ1v) is 15.4. The SMILES string of the molecule is CN[C@H]1CC[C@H](N(Cc2cc(-c3ccc(C(=O)N(C)C)cc3)ccc2OC)C(=O)c2sc3c(F)ccc(F)c3c2Cl)CC1. The normalized spacial score (nSPS) is 16.7. The van der Waals surface area contributed by atoms with Gasteiger partial charge in [0.2, 0.25) is 0 Å². The lowest BCUT2D eigenvalue weighted by Gasteiger charge is -2.37. The number of nitrogens with one attached hydrogen (secondary N) is 1. The second-order valence-electron chi connectivity index (χ2n) is 11.0. The number of carbonyl (C=O) groups is 2. The van der Waals surface area contributed by atoms with Crippen molar-refractivity contribution in [2.75, 3.05) is 28.3 Å². The van der Waals surface area contributed by atoms with E-state index in [4.69, 9.17) is 16.3 Å². The molecule has 1 N–H and O–H groups in total. The van der Waals surface area contributed by atoms with Crippen LogP contribution in [-0.4, -0.2) is 62.0 Å². The Kier molecular flexibility index (Phi) is 9.34. The number of halogens is 3. The van der Waals surface area contributed by atoms with Crippen LogP contribution in [0.3, 0.4) is 0 Å². The Morgan fingerprint density at radius 3 is 2.21 bits per heavy atom. The number of carbonyl (C=O) groups excluding carboxylic acids is 2. The van der Waals surface area contributed by atoms with Crippen LogP contribution in [0.5, 0.6) is 5.75 Å². The maximum Gasteiger partial charge on any atom is 0.266 e. The minimum atomic E-state index is -0.662. The molecule has 4 aromatic rings. The number of ether oxygens (including phenoxy) is 1. The fraction of sp³-hybridized carbons (Fsp3) is 0.333. The smallest absolute Gasteiger partial charge is 0.266 e. The van der Waals surface area contributed by atoms with Gasteiger partial charge in [0.25, 0.3) is 11.8 Å². The van der Waals surface area contributed by atoms with E-state index in [0.717, 1.165) is 65.8 Å². The highest BCUT2D eigenvalue weighted by atomic mass is 35.5. The number of hydrogen-bond donors (Lipinski definition) is 1. The van der Waals surface area contributed by atoms with Crippen molar-refractivity contribution >= 4 is 44.8 Å². The van der Waals surface area contributed by atoms with Crippen molar-refractivity contribution in [3.8, 4) is 16.9 Å². The van der Waals surface area contributed by atoms with E-state index >= 15 is 0 Å². The Labute approximate surface area is 259 Å². The summed E-state index contributed by atoms with van der Waals surface area (Å²) in [5.41, 5.74) is 3.18. The second kappa shape index (κ2) is 13.0. The highest BCUT2D eigenvalue weighted by Crippen LogP contribution is 2.40. The van der Waals surface area contributed by atoms with Gasteiger partial charge in [0.05, 0.1) is 22.2 Å². The van der Waals surface area contributed by atoms with E-state index in [9.17, 15) is 18.4 Å². The molecule has 0 atom stereocenters. The summed E-state index contributed by atoms with van der Waals surface area (Å²) in [5, 5.41) is 3.19. The van der Waals surface area contributed by atoms with E-state index in [2.05, 4.69) is 5.32 Å². The summed E-state index contributed by atoms with van der Waals surface area (Å²) in [6.07, 6.45) is 3.32. The molecule has 3 aromatic carbocycles. The quantitative estimate of drug-likeness (QED) is 0.222. The topological polar surface area (TPSA) is 61.9 Å². The van der Waals surface area contributed by atoms with E-state index in [-0.39, 0.29) is 44.4 Å². The number of fused-ring (bicyclic) bond motifs is 1. The van der Waals surface area contributed by atoms with Gasteiger partial charge in [0, 0.05) is 43.9 Å². The van der Waals surface area contributed by atoms with Crippen LogP contribution in [0.4, 0.5) is 8.78 Å². The van der Waals surface area contributed by atoms with Gasteiger partial charge in [-0.3, -0.25) is 9.59 Å². The molecule has 5 rings (SSSR count). The molecule has 43 heavy (non-hydrogen) atoms.